The molecule has 0 aliphatic carbocycles. The van der Waals surface area contributed by atoms with Gasteiger partial charge < -0.3 is 14.5 Å². The molecule has 8 nitrogen and oxygen atoms in total. The van der Waals surface area contributed by atoms with Crippen molar-refractivity contribution in [3.63, 3.8) is 0 Å². The van der Waals surface area contributed by atoms with Crippen LogP contribution in [0.15, 0.2) is 35.0 Å². The maximum Gasteiger partial charge on any atom is 0.254 e. The third-order valence-corrected chi connectivity index (χ3v) is 4.93. The number of amides is 1. The van der Waals surface area contributed by atoms with Crippen LogP contribution in [0, 0.1) is 13.8 Å². The van der Waals surface area contributed by atoms with Crippen LogP contribution < -0.4 is 5.32 Å². The van der Waals surface area contributed by atoms with E-state index in [9.17, 15) is 4.79 Å². The molecule has 0 saturated carbocycles. The van der Waals surface area contributed by atoms with E-state index in [2.05, 4.69) is 20.3 Å². The highest BCUT2D eigenvalue weighted by molar-refractivity contribution is 5.95. The zero-order chi connectivity index (χ0) is 18.8. The van der Waals surface area contributed by atoms with E-state index in [0.29, 0.717) is 25.3 Å². The second-order valence-corrected chi connectivity index (χ2v) is 6.68. The zero-order valence-electron chi connectivity index (χ0n) is 15.5. The topological polar surface area (TPSA) is 84.9 Å². The number of fused-ring (bicyclic) bond motifs is 1. The van der Waals surface area contributed by atoms with E-state index in [1.807, 2.05) is 32.0 Å². The Hall–Kier alpha value is -2.71. The van der Waals surface area contributed by atoms with Crippen molar-refractivity contribution in [3.05, 3.63) is 53.4 Å². The molecule has 1 N–H and O–H groups in total. The van der Waals surface area contributed by atoms with Gasteiger partial charge in [-0.05, 0) is 26.0 Å². The summed E-state index contributed by atoms with van der Waals surface area (Å²) >= 11 is 0. The van der Waals surface area contributed by atoms with E-state index >= 15 is 0 Å². The normalized spacial score (nSPS) is 16.5. The Bertz CT molecular complexity index is 942. The molecule has 0 spiro atoms. The maximum absolute atomic E-state index is 12.8. The molecule has 0 radical (unpaired) electrons. The minimum atomic E-state index is -0.168. The number of hydrogen-bond donors (Lipinski definition) is 1. The van der Waals surface area contributed by atoms with Gasteiger partial charge in [-0.1, -0.05) is 0 Å². The SMILES string of the molecule is Cc1ccc(C(CNC(=O)c2cnc3ccnn3c2C)N2CCOCC2)o1. The molecule has 1 aliphatic rings. The summed E-state index contributed by atoms with van der Waals surface area (Å²) in [7, 11) is 0. The lowest BCUT2D eigenvalue weighted by atomic mass is 10.1. The van der Waals surface area contributed by atoms with Gasteiger partial charge >= 0.3 is 0 Å². The van der Waals surface area contributed by atoms with Gasteiger partial charge in [0, 0.05) is 31.9 Å². The standard InChI is InChI=1S/C19H23N5O3/c1-13-3-4-17(27-13)16(23-7-9-26-10-8-23)12-21-19(25)15-11-20-18-5-6-22-24(18)14(15)2/h3-6,11,16H,7-10,12H2,1-2H3,(H,21,25). The second-order valence-electron chi connectivity index (χ2n) is 6.68. The smallest absolute Gasteiger partial charge is 0.254 e. The van der Waals surface area contributed by atoms with Crippen molar-refractivity contribution in [2.45, 2.75) is 19.9 Å². The molecular weight excluding hydrogens is 346 g/mol. The molecule has 1 aliphatic heterocycles. The third-order valence-electron chi connectivity index (χ3n) is 4.93. The highest BCUT2D eigenvalue weighted by Gasteiger charge is 2.26. The number of ether oxygens (including phenoxy) is 1. The molecule has 3 aromatic heterocycles. The van der Waals surface area contributed by atoms with Crippen LogP contribution in [0.2, 0.25) is 0 Å². The Morgan fingerprint density at radius 3 is 2.81 bits per heavy atom. The van der Waals surface area contributed by atoms with E-state index < -0.39 is 0 Å². The van der Waals surface area contributed by atoms with Crippen molar-refractivity contribution < 1.29 is 13.9 Å². The fourth-order valence-corrected chi connectivity index (χ4v) is 3.43. The van der Waals surface area contributed by atoms with Crippen LogP contribution in [0.1, 0.15) is 33.6 Å². The van der Waals surface area contributed by atoms with E-state index in [-0.39, 0.29) is 11.9 Å². The van der Waals surface area contributed by atoms with E-state index in [1.54, 1.807) is 16.9 Å². The van der Waals surface area contributed by atoms with Gasteiger partial charge in [-0.15, -0.1) is 0 Å². The van der Waals surface area contributed by atoms with Crippen LogP contribution in [0.3, 0.4) is 0 Å². The van der Waals surface area contributed by atoms with Gasteiger partial charge in [0.2, 0.25) is 0 Å². The van der Waals surface area contributed by atoms with Crippen molar-refractivity contribution in [1.29, 1.82) is 0 Å². The molecule has 1 fully saturated rings. The quantitative estimate of drug-likeness (QED) is 0.737. The summed E-state index contributed by atoms with van der Waals surface area (Å²) in [4.78, 5) is 19.4. The van der Waals surface area contributed by atoms with Crippen LogP contribution >= 0.6 is 0 Å². The van der Waals surface area contributed by atoms with Gasteiger partial charge in [0.25, 0.3) is 5.91 Å². The number of rotatable bonds is 5. The highest BCUT2D eigenvalue weighted by Crippen LogP contribution is 2.23. The number of furan rings is 1. The monoisotopic (exact) mass is 369 g/mol. The number of nitrogens with zero attached hydrogens (tertiary/aromatic N) is 4. The number of hydrogen-bond acceptors (Lipinski definition) is 6. The Morgan fingerprint density at radius 2 is 2.07 bits per heavy atom. The minimum absolute atomic E-state index is 0.0340. The Balaban J connectivity index is 1.52. The number of aryl methyl sites for hydroxylation is 2. The first-order valence-corrected chi connectivity index (χ1v) is 9.09. The van der Waals surface area contributed by atoms with E-state index in [1.165, 1.54) is 0 Å². The van der Waals surface area contributed by atoms with Gasteiger partial charge in [0.1, 0.15) is 11.5 Å². The predicted octanol–water partition coefficient (Wildman–Crippen LogP) is 1.74. The Morgan fingerprint density at radius 1 is 1.26 bits per heavy atom. The maximum atomic E-state index is 12.8. The van der Waals surface area contributed by atoms with E-state index in [4.69, 9.17) is 9.15 Å². The summed E-state index contributed by atoms with van der Waals surface area (Å²) in [6.07, 6.45) is 3.27. The Labute approximate surface area is 157 Å². The summed E-state index contributed by atoms with van der Waals surface area (Å²) in [5.41, 5.74) is 2.00. The fraction of sp³-hybridized carbons (Fsp3) is 0.421. The van der Waals surface area contributed by atoms with Crippen molar-refractivity contribution in [3.8, 4) is 0 Å². The summed E-state index contributed by atoms with van der Waals surface area (Å²) in [5.74, 6) is 1.55. The summed E-state index contributed by atoms with van der Waals surface area (Å²) in [6, 6.07) is 5.70. The van der Waals surface area contributed by atoms with Crippen molar-refractivity contribution in [2.75, 3.05) is 32.8 Å². The number of morpholine rings is 1. The predicted molar refractivity (Wildman–Crippen MR) is 98.6 cm³/mol. The molecule has 0 bridgehead atoms. The molecule has 3 aromatic rings. The lowest BCUT2D eigenvalue weighted by Gasteiger charge is -2.33. The van der Waals surface area contributed by atoms with Gasteiger partial charge in [-0.2, -0.15) is 5.10 Å². The molecule has 27 heavy (non-hydrogen) atoms. The number of aromatic nitrogens is 3. The van der Waals surface area contributed by atoms with Crippen LogP contribution in [-0.2, 0) is 4.74 Å². The molecular formula is C19H23N5O3. The molecule has 142 valence electrons. The van der Waals surface area contributed by atoms with Crippen LogP contribution in [0.5, 0.6) is 0 Å². The first-order valence-electron chi connectivity index (χ1n) is 9.09. The van der Waals surface area contributed by atoms with Crippen LogP contribution in [0.4, 0.5) is 0 Å². The van der Waals surface area contributed by atoms with Crippen molar-refractivity contribution in [1.82, 2.24) is 24.8 Å². The number of carbonyl (C=O) groups is 1. The molecule has 4 heterocycles. The average molecular weight is 369 g/mol. The van der Waals surface area contributed by atoms with Gasteiger partial charge in [0.05, 0.1) is 36.7 Å². The lowest BCUT2D eigenvalue weighted by Crippen LogP contribution is -2.43. The second kappa shape index (κ2) is 7.50. The summed E-state index contributed by atoms with van der Waals surface area (Å²) in [5, 5.41) is 7.26. The molecule has 1 amide bonds. The third kappa shape index (κ3) is 3.58. The molecule has 0 aromatic carbocycles. The minimum Gasteiger partial charge on any atom is -0.465 e. The van der Waals surface area contributed by atoms with Crippen LogP contribution in [0.25, 0.3) is 5.65 Å². The summed E-state index contributed by atoms with van der Waals surface area (Å²) < 4.78 is 13.0. The fourth-order valence-electron chi connectivity index (χ4n) is 3.43. The highest BCUT2D eigenvalue weighted by atomic mass is 16.5. The Kier molecular flexibility index (Phi) is 4.91. The van der Waals surface area contributed by atoms with Crippen molar-refractivity contribution in [2.24, 2.45) is 0 Å². The number of nitrogens with one attached hydrogen (secondary N) is 1. The molecule has 1 unspecified atom stereocenters. The van der Waals surface area contributed by atoms with Gasteiger partial charge in [0.15, 0.2) is 5.65 Å². The van der Waals surface area contributed by atoms with E-state index in [0.717, 1.165) is 36.0 Å². The zero-order valence-corrected chi connectivity index (χ0v) is 15.5. The number of carbonyl (C=O) groups excluding carboxylic acids is 1. The lowest BCUT2D eigenvalue weighted by molar-refractivity contribution is 0.0117. The van der Waals surface area contributed by atoms with Gasteiger partial charge in [-0.25, -0.2) is 9.50 Å². The van der Waals surface area contributed by atoms with Gasteiger partial charge in [-0.3, -0.25) is 9.69 Å². The molecule has 8 heteroatoms. The van der Waals surface area contributed by atoms with Crippen molar-refractivity contribution >= 4 is 11.6 Å². The summed E-state index contributed by atoms with van der Waals surface area (Å²) in [6.45, 7) is 7.22. The first kappa shape index (κ1) is 17.7. The largest absolute Gasteiger partial charge is 0.465 e. The molecule has 4 rings (SSSR count). The first-order chi connectivity index (χ1) is 13.1. The van der Waals surface area contributed by atoms with Crippen LogP contribution in [-0.4, -0.2) is 58.3 Å². The molecule has 1 saturated heterocycles. The molecule has 1 atom stereocenters. The average Bonchev–Trinajstić information content (AvgIpc) is 3.32.